The van der Waals surface area contributed by atoms with Gasteiger partial charge in [0.15, 0.2) is 0 Å². The molecule has 0 N–H and O–H groups in total. The first-order valence-electron chi connectivity index (χ1n) is 3.71. The summed E-state index contributed by atoms with van der Waals surface area (Å²) in [6.07, 6.45) is 1.84. The second-order valence-corrected chi connectivity index (χ2v) is 8.32. The summed E-state index contributed by atoms with van der Waals surface area (Å²) in [5, 5.41) is 0. The van der Waals surface area contributed by atoms with Crippen LogP contribution in [0.25, 0.3) is 0 Å². The van der Waals surface area contributed by atoms with Crippen LogP contribution in [-0.2, 0) is 4.79 Å². The first-order chi connectivity index (χ1) is 5.11. The third-order valence-corrected chi connectivity index (χ3v) is 6.55. The molecule has 1 atom stereocenters. The normalized spacial score (nSPS) is 25.6. The van der Waals surface area contributed by atoms with Crippen molar-refractivity contribution in [3.63, 3.8) is 0 Å². The van der Waals surface area contributed by atoms with E-state index in [4.69, 9.17) is 0 Å². The van der Waals surface area contributed by atoms with Crippen LogP contribution in [0.15, 0.2) is 0 Å². The molecule has 0 aliphatic carbocycles. The molecule has 0 bridgehead atoms. The van der Waals surface area contributed by atoms with E-state index in [1.54, 1.807) is 0 Å². The summed E-state index contributed by atoms with van der Waals surface area (Å²) in [6, 6.07) is 0. The quantitative estimate of drug-likeness (QED) is 0.255. The summed E-state index contributed by atoms with van der Waals surface area (Å²) in [7, 11) is 0. The molecule has 0 spiro atoms. The Morgan fingerprint density at radius 3 is 2.73 bits per heavy atom. The van der Waals surface area contributed by atoms with Gasteiger partial charge in [0.25, 0.3) is 0 Å². The standard InChI is InChI=1S/C7H12I2NO/c1-5(2)9-10-6(8)3-4-7(10)11/h5-6H,3-4H2,1-2H3/q-1/t6-/m0/s1. The molecular weight excluding hydrogens is 368 g/mol. The molecule has 11 heavy (non-hydrogen) atoms. The van der Waals surface area contributed by atoms with Gasteiger partial charge in [-0.15, -0.1) is 0 Å². The van der Waals surface area contributed by atoms with Crippen LogP contribution in [0.1, 0.15) is 26.7 Å². The van der Waals surface area contributed by atoms with Gasteiger partial charge in [-0.25, -0.2) is 0 Å². The Balaban J connectivity index is 2.48. The Kier molecular flexibility index (Phi) is 3.87. The number of nitrogens with zero attached hydrogens (tertiary/aromatic N) is 1. The molecule has 66 valence electrons. The van der Waals surface area contributed by atoms with E-state index < -0.39 is 0 Å². The molecule has 4 heteroatoms. The van der Waals surface area contributed by atoms with Gasteiger partial charge in [-0.1, -0.05) is 0 Å². The molecule has 1 rings (SSSR count). The third kappa shape index (κ3) is 2.71. The number of hydrogen-bond donors (Lipinski definition) is 0. The van der Waals surface area contributed by atoms with E-state index in [9.17, 15) is 4.79 Å². The van der Waals surface area contributed by atoms with Crippen LogP contribution in [0.5, 0.6) is 0 Å². The van der Waals surface area contributed by atoms with Crippen molar-refractivity contribution in [3.05, 3.63) is 0 Å². The van der Waals surface area contributed by atoms with Crippen molar-refractivity contribution < 1.29 is 26.3 Å². The van der Waals surface area contributed by atoms with Crippen LogP contribution in [0.4, 0.5) is 0 Å². The molecule has 0 aromatic rings. The van der Waals surface area contributed by atoms with E-state index in [0.29, 0.717) is 13.9 Å². The Labute approximate surface area is 91.8 Å². The van der Waals surface area contributed by atoms with Gasteiger partial charge in [-0.2, -0.15) is 0 Å². The van der Waals surface area contributed by atoms with Gasteiger partial charge in [-0.3, -0.25) is 0 Å². The van der Waals surface area contributed by atoms with Gasteiger partial charge in [0.1, 0.15) is 0 Å². The maximum atomic E-state index is 11.3. The second kappa shape index (κ2) is 4.25. The molecule has 0 saturated carbocycles. The number of hydrogen-bond acceptors (Lipinski definition) is 1. The van der Waals surface area contributed by atoms with Gasteiger partial charge in [0, 0.05) is 0 Å². The Hall–Kier alpha value is 0.930. The summed E-state index contributed by atoms with van der Waals surface area (Å²) in [5.74, 6) is 0.380. The molecular formula is C7H12I2NO-. The van der Waals surface area contributed by atoms with Crippen molar-refractivity contribution in [2.24, 2.45) is 0 Å². The van der Waals surface area contributed by atoms with Crippen molar-refractivity contribution in [2.75, 3.05) is 0 Å². The summed E-state index contributed by atoms with van der Waals surface area (Å²) in [5.41, 5.74) is 0. The molecule has 0 unspecified atom stereocenters. The summed E-state index contributed by atoms with van der Waals surface area (Å²) in [6.45, 7) is 4.39. The van der Waals surface area contributed by atoms with Crippen LogP contribution in [0.2, 0.25) is 0 Å². The molecule has 1 saturated heterocycles. The molecule has 1 amide bonds. The number of rotatable bonds is 2. The van der Waals surface area contributed by atoms with Gasteiger partial charge in [0.2, 0.25) is 0 Å². The molecule has 1 fully saturated rings. The van der Waals surface area contributed by atoms with Crippen molar-refractivity contribution in [2.45, 2.75) is 34.7 Å². The van der Waals surface area contributed by atoms with Gasteiger partial charge < -0.3 is 0 Å². The first-order valence-corrected chi connectivity index (χ1v) is 7.16. The van der Waals surface area contributed by atoms with Gasteiger partial charge in [-0.05, 0) is 0 Å². The van der Waals surface area contributed by atoms with Gasteiger partial charge in [0.05, 0.1) is 0 Å². The average Bonchev–Trinajstić information content (AvgIpc) is 2.18. The van der Waals surface area contributed by atoms with Crippen LogP contribution < -0.4 is 21.5 Å². The number of halogens is 2. The van der Waals surface area contributed by atoms with E-state index >= 15 is 0 Å². The van der Waals surface area contributed by atoms with Crippen LogP contribution in [0, 0.1) is 0 Å². The number of amides is 1. The predicted molar refractivity (Wildman–Crippen MR) is 49.0 cm³/mol. The second-order valence-electron chi connectivity index (χ2n) is 2.79. The van der Waals surface area contributed by atoms with E-state index in [-0.39, 0.29) is 21.5 Å². The van der Waals surface area contributed by atoms with E-state index in [2.05, 4.69) is 39.6 Å². The Bertz CT molecular complexity index is 161. The van der Waals surface area contributed by atoms with Crippen molar-refractivity contribution >= 4 is 28.5 Å². The molecule has 0 aromatic heterocycles. The fourth-order valence-corrected chi connectivity index (χ4v) is 4.76. The first kappa shape index (κ1) is 10.0. The van der Waals surface area contributed by atoms with E-state index in [0.717, 1.165) is 12.8 Å². The van der Waals surface area contributed by atoms with Crippen LogP contribution in [0.3, 0.4) is 0 Å². The fourth-order valence-electron chi connectivity index (χ4n) is 0.945. The molecule has 1 heterocycles. The predicted octanol–water partition coefficient (Wildman–Crippen LogP) is -1.22. The molecule has 2 nitrogen and oxygen atoms in total. The van der Waals surface area contributed by atoms with Gasteiger partial charge >= 0.3 is 92.5 Å². The maximum absolute atomic E-state index is 11.3. The zero-order chi connectivity index (χ0) is 8.43. The van der Waals surface area contributed by atoms with E-state index in [1.165, 1.54) is 0 Å². The number of alkyl halides is 2. The zero-order valence-electron chi connectivity index (χ0n) is 6.68. The third-order valence-electron chi connectivity index (χ3n) is 1.38. The van der Waals surface area contributed by atoms with Crippen molar-refractivity contribution in [1.82, 2.24) is 3.11 Å². The molecule has 1 aliphatic heterocycles. The minimum absolute atomic E-state index is 0.0425. The van der Waals surface area contributed by atoms with Crippen molar-refractivity contribution in [1.29, 1.82) is 0 Å². The van der Waals surface area contributed by atoms with E-state index in [1.807, 2.05) is 0 Å². The zero-order valence-corrected chi connectivity index (χ0v) is 11.0. The SMILES string of the molecule is CC(C)[I-]N1C(=O)CC[C@H]1I. The fraction of sp³-hybridized carbons (Fsp3) is 0.857. The molecule has 1 aliphatic rings. The minimum atomic E-state index is -0.0425. The summed E-state index contributed by atoms with van der Waals surface area (Å²) < 4.78 is 3.30. The molecule has 0 radical (unpaired) electrons. The Morgan fingerprint density at radius 1 is 1.73 bits per heavy atom. The number of carbonyl (C=O) groups excluding carboxylic acids is 1. The van der Waals surface area contributed by atoms with Crippen LogP contribution in [-0.4, -0.2) is 17.0 Å². The summed E-state index contributed by atoms with van der Waals surface area (Å²) in [4.78, 5) is 11.3. The Morgan fingerprint density at radius 2 is 2.36 bits per heavy atom. The monoisotopic (exact) mass is 380 g/mol. The topological polar surface area (TPSA) is 20.3 Å². The summed E-state index contributed by atoms with van der Waals surface area (Å²) >= 11 is 2.33. The van der Waals surface area contributed by atoms with Crippen LogP contribution >= 0.6 is 22.6 Å². The number of carbonyl (C=O) groups is 1. The molecule has 0 aromatic carbocycles. The average molecular weight is 380 g/mol. The van der Waals surface area contributed by atoms with Crippen molar-refractivity contribution in [3.8, 4) is 0 Å².